The number of thiazole rings is 1. The maximum Gasteiger partial charge on any atom is 0.172 e. The Bertz CT molecular complexity index is 646. The van der Waals surface area contributed by atoms with Crippen molar-refractivity contribution in [3.63, 3.8) is 0 Å². The van der Waals surface area contributed by atoms with Crippen LogP contribution in [0.1, 0.15) is 41.8 Å². The van der Waals surface area contributed by atoms with E-state index in [0.29, 0.717) is 4.47 Å². The molecule has 1 aromatic heterocycles. The molecule has 0 aliphatic heterocycles. The first-order valence-electron chi connectivity index (χ1n) is 6.21. The second-order valence-electron chi connectivity index (χ2n) is 5.58. The zero-order chi connectivity index (χ0) is 14.9. The molecule has 1 aromatic carbocycles. The van der Waals surface area contributed by atoms with Gasteiger partial charge in [0.2, 0.25) is 0 Å². The molecule has 0 fully saturated rings. The van der Waals surface area contributed by atoms with E-state index >= 15 is 0 Å². The number of carbonyl (C=O) groups is 1. The number of hydrogen-bond donors (Lipinski definition) is 0. The number of rotatable bonds is 3. The lowest BCUT2D eigenvalue weighted by atomic mass is 9.93. The van der Waals surface area contributed by atoms with Gasteiger partial charge >= 0.3 is 0 Å². The van der Waals surface area contributed by atoms with Gasteiger partial charge in [-0.25, -0.2) is 9.37 Å². The van der Waals surface area contributed by atoms with E-state index in [1.165, 1.54) is 17.4 Å². The van der Waals surface area contributed by atoms with Gasteiger partial charge < -0.3 is 0 Å². The summed E-state index contributed by atoms with van der Waals surface area (Å²) in [7, 11) is 0. The van der Waals surface area contributed by atoms with Crippen LogP contribution in [0.15, 0.2) is 28.1 Å². The van der Waals surface area contributed by atoms with Crippen LogP contribution >= 0.6 is 27.3 Å². The van der Waals surface area contributed by atoms with Crippen LogP contribution in [0.3, 0.4) is 0 Å². The number of aromatic nitrogens is 1. The van der Waals surface area contributed by atoms with Crippen LogP contribution in [-0.2, 0) is 11.8 Å². The molecule has 106 valence electrons. The predicted octanol–water partition coefficient (Wildman–Crippen LogP) is 4.77. The van der Waals surface area contributed by atoms with Crippen molar-refractivity contribution in [3.05, 3.63) is 50.1 Å². The van der Waals surface area contributed by atoms with Gasteiger partial charge in [0.05, 0.1) is 22.2 Å². The Morgan fingerprint density at radius 2 is 2.10 bits per heavy atom. The molecular formula is C15H15BrFNOS. The van der Waals surface area contributed by atoms with Gasteiger partial charge in [-0.15, -0.1) is 11.3 Å². The molecule has 1 heterocycles. The molecule has 2 aromatic rings. The Labute approximate surface area is 130 Å². The van der Waals surface area contributed by atoms with E-state index < -0.39 is 5.82 Å². The third-order valence-corrected chi connectivity index (χ3v) is 4.35. The Morgan fingerprint density at radius 1 is 1.40 bits per heavy atom. The molecule has 0 aliphatic rings. The number of halogens is 2. The van der Waals surface area contributed by atoms with Crippen molar-refractivity contribution in [2.45, 2.75) is 32.6 Å². The molecule has 0 atom stereocenters. The molecule has 0 aliphatic carbocycles. The monoisotopic (exact) mass is 355 g/mol. The summed E-state index contributed by atoms with van der Waals surface area (Å²) in [5, 5.41) is 2.68. The summed E-state index contributed by atoms with van der Waals surface area (Å²) in [6.45, 7) is 6.21. The van der Waals surface area contributed by atoms with Crippen LogP contribution in [0.2, 0.25) is 0 Å². The first-order valence-corrected chi connectivity index (χ1v) is 7.88. The van der Waals surface area contributed by atoms with E-state index in [0.717, 1.165) is 10.7 Å². The van der Waals surface area contributed by atoms with Crippen LogP contribution in [0.4, 0.5) is 4.39 Å². The van der Waals surface area contributed by atoms with Gasteiger partial charge in [-0.2, -0.15) is 0 Å². The second kappa shape index (κ2) is 5.74. The zero-order valence-electron chi connectivity index (χ0n) is 11.5. The molecule has 0 spiro atoms. The van der Waals surface area contributed by atoms with Crippen LogP contribution in [0, 0.1) is 5.82 Å². The SMILES string of the molecule is CC(C)(C)c1csc(CC(=O)c2cccc(Br)c2F)n1. The predicted molar refractivity (Wildman–Crippen MR) is 82.9 cm³/mol. The van der Waals surface area contributed by atoms with Crippen LogP contribution in [0.25, 0.3) is 0 Å². The third-order valence-electron chi connectivity index (χ3n) is 2.88. The molecule has 0 bridgehead atoms. The third kappa shape index (κ3) is 3.33. The molecule has 0 amide bonds. The van der Waals surface area contributed by atoms with Gasteiger partial charge in [0.1, 0.15) is 10.8 Å². The Balaban J connectivity index is 2.20. The van der Waals surface area contributed by atoms with Crippen molar-refractivity contribution in [2.24, 2.45) is 0 Å². The summed E-state index contributed by atoms with van der Waals surface area (Å²) in [6, 6.07) is 4.73. The molecular weight excluding hydrogens is 341 g/mol. The number of benzene rings is 1. The zero-order valence-corrected chi connectivity index (χ0v) is 13.9. The number of carbonyl (C=O) groups excluding carboxylic acids is 1. The molecule has 0 radical (unpaired) electrons. The average molecular weight is 356 g/mol. The maximum atomic E-state index is 13.9. The highest BCUT2D eigenvalue weighted by Gasteiger charge is 2.20. The standard InChI is InChI=1S/C15H15BrFNOS/c1-15(2,3)12-8-20-13(18-12)7-11(19)9-5-4-6-10(16)14(9)17/h4-6,8H,7H2,1-3H3. The number of nitrogens with zero attached hydrogens (tertiary/aromatic N) is 1. The second-order valence-corrected chi connectivity index (χ2v) is 7.37. The quantitative estimate of drug-likeness (QED) is 0.742. The van der Waals surface area contributed by atoms with Gasteiger partial charge in [0, 0.05) is 10.8 Å². The van der Waals surface area contributed by atoms with Crippen molar-refractivity contribution >= 4 is 33.0 Å². The highest BCUT2D eigenvalue weighted by molar-refractivity contribution is 9.10. The van der Waals surface area contributed by atoms with Crippen LogP contribution in [0.5, 0.6) is 0 Å². The number of hydrogen-bond acceptors (Lipinski definition) is 3. The summed E-state index contributed by atoms with van der Waals surface area (Å²) in [5.41, 5.74) is 1.02. The largest absolute Gasteiger partial charge is 0.294 e. The lowest BCUT2D eigenvalue weighted by Crippen LogP contribution is -2.12. The van der Waals surface area contributed by atoms with E-state index in [4.69, 9.17) is 0 Å². The van der Waals surface area contributed by atoms with Crippen molar-refractivity contribution in [1.82, 2.24) is 4.98 Å². The first kappa shape index (κ1) is 15.3. The molecule has 0 saturated carbocycles. The van der Waals surface area contributed by atoms with Crippen molar-refractivity contribution < 1.29 is 9.18 Å². The van der Waals surface area contributed by atoms with Crippen molar-refractivity contribution in [2.75, 3.05) is 0 Å². The smallest absolute Gasteiger partial charge is 0.172 e. The van der Waals surface area contributed by atoms with Crippen molar-refractivity contribution in [3.8, 4) is 0 Å². The minimum Gasteiger partial charge on any atom is -0.294 e. The normalized spacial score (nSPS) is 11.7. The fraction of sp³-hybridized carbons (Fsp3) is 0.333. The molecule has 0 saturated heterocycles. The lowest BCUT2D eigenvalue weighted by Gasteiger charge is -2.14. The topological polar surface area (TPSA) is 30.0 Å². The molecule has 2 nitrogen and oxygen atoms in total. The summed E-state index contributed by atoms with van der Waals surface area (Å²) in [5.74, 6) is -0.760. The Hall–Kier alpha value is -1.07. The summed E-state index contributed by atoms with van der Waals surface area (Å²) >= 11 is 4.53. The lowest BCUT2D eigenvalue weighted by molar-refractivity contribution is 0.0989. The highest BCUT2D eigenvalue weighted by atomic mass is 79.9. The molecule has 0 N–H and O–H groups in total. The van der Waals surface area contributed by atoms with E-state index in [9.17, 15) is 9.18 Å². The molecule has 5 heteroatoms. The maximum absolute atomic E-state index is 13.9. The summed E-state index contributed by atoms with van der Waals surface area (Å²) in [6.07, 6.45) is 0.133. The van der Waals surface area contributed by atoms with Gasteiger partial charge in [0.25, 0.3) is 0 Å². The van der Waals surface area contributed by atoms with Gasteiger partial charge in [-0.05, 0) is 28.1 Å². The minimum atomic E-state index is -0.509. The van der Waals surface area contributed by atoms with Gasteiger partial charge in [-0.3, -0.25) is 4.79 Å². The Morgan fingerprint density at radius 3 is 2.70 bits per heavy atom. The van der Waals surface area contributed by atoms with Crippen LogP contribution in [-0.4, -0.2) is 10.8 Å². The summed E-state index contributed by atoms with van der Waals surface area (Å²) in [4.78, 5) is 16.6. The minimum absolute atomic E-state index is 0.0428. The van der Waals surface area contributed by atoms with E-state index in [2.05, 4.69) is 41.7 Å². The average Bonchev–Trinajstić information content (AvgIpc) is 2.81. The fourth-order valence-corrected chi connectivity index (χ4v) is 3.07. The molecule has 2 rings (SSSR count). The van der Waals surface area contributed by atoms with Crippen LogP contribution < -0.4 is 0 Å². The first-order chi connectivity index (χ1) is 9.29. The van der Waals surface area contributed by atoms with Gasteiger partial charge in [0.15, 0.2) is 5.78 Å². The highest BCUT2D eigenvalue weighted by Crippen LogP contribution is 2.25. The van der Waals surface area contributed by atoms with Crippen molar-refractivity contribution in [1.29, 1.82) is 0 Å². The molecule has 20 heavy (non-hydrogen) atoms. The fourth-order valence-electron chi connectivity index (χ4n) is 1.69. The van der Waals surface area contributed by atoms with E-state index in [1.54, 1.807) is 12.1 Å². The Kier molecular flexibility index (Phi) is 4.39. The number of Topliss-reactive ketones (excluding diaryl/α,β-unsaturated/α-hetero) is 1. The summed E-state index contributed by atoms with van der Waals surface area (Å²) < 4.78 is 14.2. The number of ketones is 1. The molecule has 0 unspecified atom stereocenters. The van der Waals surface area contributed by atoms with E-state index in [1.807, 2.05) is 5.38 Å². The van der Waals surface area contributed by atoms with Gasteiger partial charge in [-0.1, -0.05) is 26.8 Å². The van der Waals surface area contributed by atoms with E-state index in [-0.39, 0.29) is 23.2 Å².